The van der Waals surface area contributed by atoms with Gasteiger partial charge >= 0.3 is 0 Å². The van der Waals surface area contributed by atoms with Crippen molar-refractivity contribution < 1.29 is 8.42 Å². The second kappa shape index (κ2) is 4.05. The first-order valence-electron chi connectivity index (χ1n) is 3.57. The van der Waals surface area contributed by atoms with E-state index in [-0.39, 0.29) is 10.3 Å². The third-order valence-electron chi connectivity index (χ3n) is 1.59. The van der Waals surface area contributed by atoms with Gasteiger partial charge in [-0.3, -0.25) is 0 Å². The number of hydrogen-bond donors (Lipinski definition) is 0. The second-order valence-electron chi connectivity index (χ2n) is 2.33. The molecule has 11 heavy (non-hydrogen) atoms. The highest BCUT2D eigenvalue weighted by molar-refractivity contribution is 8.16. The summed E-state index contributed by atoms with van der Waals surface area (Å²) < 4.78 is 22.5. The molecule has 0 aromatic rings. The van der Waals surface area contributed by atoms with E-state index in [2.05, 4.69) is 0 Å². The standard InChI is InChI=1S/C6H12O2S3/c1-2-11(7,8)6-5-9-3-4-10-6/h6H,2-5H2,1H3. The van der Waals surface area contributed by atoms with Gasteiger partial charge in [0.2, 0.25) is 0 Å². The lowest BCUT2D eigenvalue weighted by Gasteiger charge is -2.19. The van der Waals surface area contributed by atoms with Gasteiger partial charge in [-0.05, 0) is 0 Å². The smallest absolute Gasteiger partial charge is 0.162 e. The van der Waals surface area contributed by atoms with Crippen molar-refractivity contribution in [3.63, 3.8) is 0 Å². The molecule has 0 aromatic carbocycles. The quantitative estimate of drug-likeness (QED) is 0.689. The Kier molecular flexibility index (Phi) is 3.58. The summed E-state index contributed by atoms with van der Waals surface area (Å²) in [6.07, 6.45) is 0. The summed E-state index contributed by atoms with van der Waals surface area (Å²) in [6, 6.07) is 0. The Labute approximate surface area is 76.4 Å². The molecule has 1 aliphatic heterocycles. The van der Waals surface area contributed by atoms with E-state index in [1.165, 1.54) is 0 Å². The molecule has 0 aromatic heterocycles. The van der Waals surface area contributed by atoms with Gasteiger partial charge in [0.25, 0.3) is 0 Å². The number of sulfone groups is 1. The van der Waals surface area contributed by atoms with Crippen molar-refractivity contribution in [1.82, 2.24) is 0 Å². The van der Waals surface area contributed by atoms with Crippen LogP contribution in [0.25, 0.3) is 0 Å². The van der Waals surface area contributed by atoms with E-state index < -0.39 is 9.84 Å². The number of hydrogen-bond acceptors (Lipinski definition) is 4. The molecule has 0 radical (unpaired) electrons. The van der Waals surface area contributed by atoms with E-state index in [1.54, 1.807) is 30.4 Å². The number of thioether (sulfide) groups is 2. The predicted octanol–water partition coefficient (Wildman–Crippen LogP) is 1.23. The normalized spacial score (nSPS) is 26.8. The minimum atomic E-state index is -2.78. The Morgan fingerprint density at radius 3 is 2.64 bits per heavy atom. The Hall–Kier alpha value is 0.650. The van der Waals surface area contributed by atoms with Crippen LogP contribution in [0.4, 0.5) is 0 Å². The molecule has 0 amide bonds. The third-order valence-corrected chi connectivity index (χ3v) is 7.37. The predicted molar refractivity (Wildman–Crippen MR) is 53.0 cm³/mol. The molecule has 5 heteroatoms. The van der Waals surface area contributed by atoms with Crippen molar-refractivity contribution in [3.05, 3.63) is 0 Å². The van der Waals surface area contributed by atoms with Crippen molar-refractivity contribution >= 4 is 33.4 Å². The van der Waals surface area contributed by atoms with Crippen LogP contribution in [-0.4, -0.2) is 36.0 Å². The van der Waals surface area contributed by atoms with Gasteiger partial charge < -0.3 is 0 Å². The summed E-state index contributed by atoms with van der Waals surface area (Å²) in [5.74, 6) is 3.14. The first-order valence-corrected chi connectivity index (χ1v) is 7.49. The van der Waals surface area contributed by atoms with Crippen LogP contribution in [0.15, 0.2) is 0 Å². The minimum Gasteiger partial charge on any atom is -0.228 e. The molecule has 1 saturated heterocycles. The molecule has 0 spiro atoms. The fourth-order valence-corrected chi connectivity index (χ4v) is 6.03. The van der Waals surface area contributed by atoms with Crippen LogP contribution < -0.4 is 0 Å². The van der Waals surface area contributed by atoms with Crippen molar-refractivity contribution in [2.45, 2.75) is 11.5 Å². The molecule has 0 N–H and O–H groups in total. The van der Waals surface area contributed by atoms with Gasteiger partial charge in [0.15, 0.2) is 9.84 Å². The zero-order valence-corrected chi connectivity index (χ0v) is 8.90. The van der Waals surface area contributed by atoms with Crippen molar-refractivity contribution in [1.29, 1.82) is 0 Å². The van der Waals surface area contributed by atoms with Crippen LogP contribution >= 0.6 is 23.5 Å². The maximum absolute atomic E-state index is 11.3. The molecule has 1 fully saturated rings. The van der Waals surface area contributed by atoms with Crippen LogP contribution in [0, 0.1) is 0 Å². The molecule has 0 saturated carbocycles. The SMILES string of the molecule is CCS(=O)(=O)C1CSCCS1. The maximum Gasteiger partial charge on any atom is 0.162 e. The lowest BCUT2D eigenvalue weighted by atomic mass is 10.9. The summed E-state index contributed by atoms with van der Waals surface area (Å²) in [6.45, 7) is 1.72. The molecule has 2 nitrogen and oxygen atoms in total. The van der Waals surface area contributed by atoms with Gasteiger partial charge in [-0.15, -0.1) is 11.8 Å². The fraction of sp³-hybridized carbons (Fsp3) is 1.00. The molecule has 0 aliphatic carbocycles. The highest BCUT2D eigenvalue weighted by Gasteiger charge is 2.26. The second-order valence-corrected chi connectivity index (χ2v) is 7.56. The summed E-state index contributed by atoms with van der Waals surface area (Å²) in [5.41, 5.74) is 0. The molecule has 66 valence electrons. The Morgan fingerprint density at radius 2 is 2.18 bits per heavy atom. The van der Waals surface area contributed by atoms with E-state index in [0.29, 0.717) is 0 Å². The van der Waals surface area contributed by atoms with Gasteiger partial charge in [-0.1, -0.05) is 6.92 Å². The zero-order chi connectivity index (χ0) is 8.32. The summed E-state index contributed by atoms with van der Waals surface area (Å²) >= 11 is 3.33. The van der Waals surface area contributed by atoms with Crippen LogP contribution in [0.5, 0.6) is 0 Å². The molecule has 1 atom stereocenters. The Bertz CT molecular complexity index is 204. The Morgan fingerprint density at radius 1 is 1.45 bits per heavy atom. The first kappa shape index (κ1) is 9.74. The van der Waals surface area contributed by atoms with Crippen LogP contribution in [0.2, 0.25) is 0 Å². The Balaban J connectivity index is 2.58. The van der Waals surface area contributed by atoms with Crippen LogP contribution in [-0.2, 0) is 9.84 Å². The molecule has 1 heterocycles. The van der Waals surface area contributed by atoms with Crippen LogP contribution in [0.1, 0.15) is 6.92 Å². The topological polar surface area (TPSA) is 34.1 Å². The minimum absolute atomic E-state index is 0.133. The summed E-state index contributed by atoms with van der Waals surface area (Å²) in [5, 5.41) is 0. The van der Waals surface area contributed by atoms with Gasteiger partial charge in [-0.2, -0.15) is 11.8 Å². The molecular weight excluding hydrogens is 200 g/mol. The molecule has 1 rings (SSSR count). The van der Waals surface area contributed by atoms with Crippen molar-refractivity contribution in [2.75, 3.05) is 23.0 Å². The van der Waals surface area contributed by atoms with E-state index in [1.807, 2.05) is 0 Å². The van der Waals surface area contributed by atoms with E-state index in [4.69, 9.17) is 0 Å². The zero-order valence-electron chi connectivity index (χ0n) is 6.45. The van der Waals surface area contributed by atoms with Gasteiger partial charge in [0.1, 0.15) is 4.58 Å². The summed E-state index contributed by atoms with van der Waals surface area (Å²) in [4.78, 5) is 0. The molecular formula is C6H12O2S3. The lowest BCUT2D eigenvalue weighted by Crippen LogP contribution is -2.25. The highest BCUT2D eigenvalue weighted by Crippen LogP contribution is 2.28. The van der Waals surface area contributed by atoms with Crippen molar-refractivity contribution in [2.24, 2.45) is 0 Å². The monoisotopic (exact) mass is 212 g/mol. The number of rotatable bonds is 2. The maximum atomic E-state index is 11.3. The fourth-order valence-electron chi connectivity index (χ4n) is 0.859. The lowest BCUT2D eigenvalue weighted by molar-refractivity contribution is 0.596. The average molecular weight is 212 g/mol. The largest absolute Gasteiger partial charge is 0.228 e. The first-order chi connectivity index (χ1) is 5.17. The van der Waals surface area contributed by atoms with E-state index in [9.17, 15) is 8.42 Å². The van der Waals surface area contributed by atoms with Gasteiger partial charge in [0.05, 0.1) is 0 Å². The molecule has 1 unspecified atom stereocenters. The van der Waals surface area contributed by atoms with E-state index in [0.717, 1.165) is 17.3 Å². The van der Waals surface area contributed by atoms with Crippen LogP contribution in [0.3, 0.4) is 0 Å². The van der Waals surface area contributed by atoms with Crippen molar-refractivity contribution in [3.8, 4) is 0 Å². The van der Waals surface area contributed by atoms with Gasteiger partial charge in [0, 0.05) is 23.0 Å². The average Bonchev–Trinajstić information content (AvgIpc) is 2.06. The summed E-state index contributed by atoms with van der Waals surface area (Å²) in [7, 11) is -2.78. The highest BCUT2D eigenvalue weighted by atomic mass is 32.3. The molecule has 0 bridgehead atoms. The van der Waals surface area contributed by atoms with Gasteiger partial charge in [-0.25, -0.2) is 8.42 Å². The molecule has 1 aliphatic rings. The third kappa shape index (κ3) is 2.56. The van der Waals surface area contributed by atoms with E-state index >= 15 is 0 Å².